The van der Waals surface area contributed by atoms with Crippen LogP contribution < -0.4 is 10.2 Å². The van der Waals surface area contributed by atoms with Crippen molar-refractivity contribution in [3.8, 4) is 0 Å². The van der Waals surface area contributed by atoms with Crippen LogP contribution in [-0.4, -0.2) is 43.1 Å². The topological polar surface area (TPSA) is 71.5 Å². The molecule has 0 atom stereocenters. The van der Waals surface area contributed by atoms with E-state index in [1.165, 1.54) is 12.3 Å². The lowest BCUT2D eigenvalue weighted by Gasteiger charge is -2.33. The van der Waals surface area contributed by atoms with Crippen molar-refractivity contribution in [2.75, 3.05) is 31.1 Å². The third-order valence-corrected chi connectivity index (χ3v) is 4.66. The number of esters is 1. The second-order valence-electron chi connectivity index (χ2n) is 6.40. The third kappa shape index (κ3) is 4.32. The van der Waals surface area contributed by atoms with Crippen LogP contribution in [0.2, 0.25) is 0 Å². The number of carbonyl (C=O) groups excluding carboxylic acids is 2. The number of nitrogens with one attached hydrogen (secondary N) is 1. The van der Waals surface area contributed by atoms with Crippen LogP contribution in [0.5, 0.6) is 0 Å². The first-order valence-corrected chi connectivity index (χ1v) is 8.91. The van der Waals surface area contributed by atoms with Crippen LogP contribution in [-0.2, 0) is 14.3 Å². The van der Waals surface area contributed by atoms with E-state index < -0.39 is 17.6 Å². The molecule has 1 saturated heterocycles. The number of hydrogen-bond donors (Lipinski definition) is 1. The summed E-state index contributed by atoms with van der Waals surface area (Å²) in [5.74, 6) is -2.20. The van der Waals surface area contributed by atoms with Crippen LogP contribution in [0, 0.1) is 17.6 Å². The third-order valence-electron chi connectivity index (χ3n) is 4.66. The highest BCUT2D eigenvalue weighted by Gasteiger charge is 2.26. The zero-order chi connectivity index (χ0) is 19.4. The minimum absolute atomic E-state index is 0.128. The van der Waals surface area contributed by atoms with E-state index in [-0.39, 0.29) is 30.5 Å². The van der Waals surface area contributed by atoms with Crippen LogP contribution in [0.25, 0.3) is 10.9 Å². The molecule has 144 valence electrons. The zero-order valence-electron chi connectivity index (χ0n) is 15.0. The summed E-state index contributed by atoms with van der Waals surface area (Å²) in [6, 6.07) is 3.82. The van der Waals surface area contributed by atoms with Gasteiger partial charge in [-0.15, -0.1) is 0 Å². The van der Waals surface area contributed by atoms with Gasteiger partial charge in [0.05, 0.1) is 6.61 Å². The first-order chi connectivity index (χ1) is 13.0. The summed E-state index contributed by atoms with van der Waals surface area (Å²) in [6.07, 6.45) is 2.66. The van der Waals surface area contributed by atoms with Gasteiger partial charge >= 0.3 is 5.97 Å². The van der Waals surface area contributed by atoms with Gasteiger partial charge in [0.2, 0.25) is 5.91 Å². The number of piperidine rings is 1. The Morgan fingerprint density at radius 2 is 2.04 bits per heavy atom. The van der Waals surface area contributed by atoms with Gasteiger partial charge < -0.3 is 15.0 Å². The van der Waals surface area contributed by atoms with E-state index in [1.54, 1.807) is 13.0 Å². The Labute approximate surface area is 155 Å². The van der Waals surface area contributed by atoms with Crippen molar-refractivity contribution in [2.45, 2.75) is 19.8 Å². The van der Waals surface area contributed by atoms with Crippen molar-refractivity contribution < 1.29 is 23.1 Å². The van der Waals surface area contributed by atoms with Crippen LogP contribution >= 0.6 is 0 Å². The highest BCUT2D eigenvalue weighted by Crippen LogP contribution is 2.31. The van der Waals surface area contributed by atoms with Crippen LogP contribution in [0.3, 0.4) is 0 Å². The van der Waals surface area contributed by atoms with Gasteiger partial charge in [0.1, 0.15) is 17.9 Å². The number of carbonyl (C=O) groups is 2. The van der Waals surface area contributed by atoms with Gasteiger partial charge in [-0.3, -0.25) is 14.6 Å². The fourth-order valence-corrected chi connectivity index (χ4v) is 3.34. The molecule has 1 aromatic carbocycles. The summed E-state index contributed by atoms with van der Waals surface area (Å²) in [4.78, 5) is 29.5. The molecule has 1 aromatic heterocycles. The SMILES string of the molecule is CCOC(=O)CNC(=O)C1CCN(c2ccnc3c(F)cc(F)cc23)CC1. The fraction of sp³-hybridized carbons (Fsp3) is 0.421. The van der Waals surface area contributed by atoms with E-state index >= 15 is 0 Å². The van der Waals surface area contributed by atoms with Crippen molar-refractivity contribution in [3.05, 3.63) is 36.0 Å². The molecule has 1 aliphatic rings. The summed E-state index contributed by atoms with van der Waals surface area (Å²) in [6.45, 7) is 2.97. The highest BCUT2D eigenvalue weighted by atomic mass is 19.1. The first-order valence-electron chi connectivity index (χ1n) is 8.91. The number of ether oxygens (including phenoxy) is 1. The van der Waals surface area contributed by atoms with Crippen molar-refractivity contribution in [1.82, 2.24) is 10.3 Å². The molecule has 1 N–H and O–H groups in total. The lowest BCUT2D eigenvalue weighted by Crippen LogP contribution is -2.42. The molecule has 1 aliphatic heterocycles. The molecule has 3 rings (SSSR count). The zero-order valence-corrected chi connectivity index (χ0v) is 15.0. The number of pyridine rings is 1. The lowest BCUT2D eigenvalue weighted by atomic mass is 9.95. The summed E-state index contributed by atoms with van der Waals surface area (Å²) in [5.41, 5.74) is 0.826. The largest absolute Gasteiger partial charge is 0.465 e. The van der Waals surface area contributed by atoms with E-state index in [1.807, 2.05) is 4.90 Å². The number of anilines is 1. The number of fused-ring (bicyclic) bond motifs is 1. The smallest absolute Gasteiger partial charge is 0.325 e. The average Bonchev–Trinajstić information content (AvgIpc) is 2.66. The monoisotopic (exact) mass is 377 g/mol. The predicted molar refractivity (Wildman–Crippen MR) is 96.2 cm³/mol. The molecular weight excluding hydrogens is 356 g/mol. The second kappa shape index (κ2) is 8.28. The van der Waals surface area contributed by atoms with Crippen molar-refractivity contribution in [1.29, 1.82) is 0 Å². The second-order valence-corrected chi connectivity index (χ2v) is 6.40. The predicted octanol–water partition coefficient (Wildman–Crippen LogP) is 2.41. The Hall–Kier alpha value is -2.77. The van der Waals surface area contributed by atoms with Gasteiger partial charge in [0.15, 0.2) is 5.82 Å². The highest BCUT2D eigenvalue weighted by molar-refractivity contribution is 5.92. The summed E-state index contributed by atoms with van der Waals surface area (Å²) in [5, 5.41) is 3.01. The number of benzene rings is 1. The normalized spacial score (nSPS) is 15.0. The van der Waals surface area contributed by atoms with Gasteiger partial charge in [-0.05, 0) is 31.9 Å². The molecule has 8 heteroatoms. The van der Waals surface area contributed by atoms with Crippen molar-refractivity contribution in [2.24, 2.45) is 5.92 Å². The number of amides is 1. The molecule has 0 radical (unpaired) electrons. The number of aromatic nitrogens is 1. The number of rotatable bonds is 5. The molecule has 0 bridgehead atoms. The maximum Gasteiger partial charge on any atom is 0.325 e. The van der Waals surface area contributed by atoms with Gasteiger partial charge in [-0.1, -0.05) is 0 Å². The van der Waals surface area contributed by atoms with Crippen LogP contribution in [0.1, 0.15) is 19.8 Å². The van der Waals surface area contributed by atoms with Gasteiger partial charge in [0, 0.05) is 42.3 Å². The Morgan fingerprint density at radius 3 is 2.74 bits per heavy atom. The molecule has 27 heavy (non-hydrogen) atoms. The maximum absolute atomic E-state index is 14.0. The molecular formula is C19H21F2N3O3. The van der Waals surface area contributed by atoms with Crippen LogP contribution in [0.15, 0.2) is 24.4 Å². The summed E-state index contributed by atoms with van der Waals surface area (Å²) in [7, 11) is 0. The Kier molecular flexibility index (Phi) is 5.83. The Balaban J connectivity index is 1.65. The fourth-order valence-electron chi connectivity index (χ4n) is 3.34. The first kappa shape index (κ1) is 19.0. The maximum atomic E-state index is 14.0. The van der Waals surface area contributed by atoms with Crippen LogP contribution in [0.4, 0.5) is 14.5 Å². The van der Waals surface area contributed by atoms with Crippen molar-refractivity contribution >= 4 is 28.5 Å². The van der Waals surface area contributed by atoms with Gasteiger partial charge in [0.25, 0.3) is 0 Å². The molecule has 2 aromatic rings. The van der Waals surface area contributed by atoms with Gasteiger partial charge in [-0.2, -0.15) is 0 Å². The van der Waals surface area contributed by atoms with E-state index in [4.69, 9.17) is 4.74 Å². The number of halogens is 2. The van der Waals surface area contributed by atoms with Gasteiger partial charge in [-0.25, -0.2) is 8.78 Å². The molecule has 0 saturated carbocycles. The number of nitrogens with zero attached hydrogens (tertiary/aromatic N) is 2. The summed E-state index contributed by atoms with van der Waals surface area (Å²) < 4.78 is 32.4. The minimum atomic E-state index is -0.694. The molecule has 1 fully saturated rings. The van der Waals surface area contributed by atoms with E-state index in [2.05, 4.69) is 10.3 Å². The molecule has 0 aliphatic carbocycles. The Morgan fingerprint density at radius 1 is 1.30 bits per heavy atom. The summed E-state index contributed by atoms with van der Waals surface area (Å²) >= 11 is 0. The number of hydrogen-bond acceptors (Lipinski definition) is 5. The molecule has 1 amide bonds. The standard InChI is InChI=1S/C19H21F2N3O3/c1-2-27-17(25)11-23-19(26)12-4-7-24(8-5-12)16-3-6-22-18-14(16)9-13(20)10-15(18)21/h3,6,9-10,12H,2,4-5,7-8,11H2,1H3,(H,23,26). The average molecular weight is 377 g/mol. The molecule has 2 heterocycles. The molecule has 6 nitrogen and oxygen atoms in total. The van der Waals surface area contributed by atoms with E-state index in [9.17, 15) is 18.4 Å². The quantitative estimate of drug-likeness (QED) is 0.811. The lowest BCUT2D eigenvalue weighted by molar-refractivity contribution is -0.143. The molecule has 0 unspecified atom stereocenters. The minimum Gasteiger partial charge on any atom is -0.465 e. The Bertz CT molecular complexity index is 851. The van der Waals surface area contributed by atoms with E-state index in [0.29, 0.717) is 37.0 Å². The van der Waals surface area contributed by atoms with Crippen molar-refractivity contribution in [3.63, 3.8) is 0 Å². The van der Waals surface area contributed by atoms with E-state index in [0.717, 1.165) is 6.07 Å². The molecule has 0 spiro atoms.